The number of carbonyl (C=O) groups excluding carboxylic acids is 1. The Bertz CT molecular complexity index is 606. The second-order valence-corrected chi connectivity index (χ2v) is 5.42. The van der Waals surface area contributed by atoms with Crippen LogP contribution in [0.25, 0.3) is 0 Å². The summed E-state index contributed by atoms with van der Waals surface area (Å²) in [7, 11) is 0. The van der Waals surface area contributed by atoms with Crippen molar-refractivity contribution in [1.82, 2.24) is 0 Å². The topological polar surface area (TPSA) is 26.3 Å². The van der Waals surface area contributed by atoms with Gasteiger partial charge in [0.15, 0.2) is 6.29 Å². The Labute approximate surface area is 121 Å². The smallest absolute Gasteiger partial charge is 0.153 e. The molecule has 0 atom stereocenters. The van der Waals surface area contributed by atoms with Crippen molar-refractivity contribution in [2.75, 3.05) is 0 Å². The minimum Gasteiger partial charge on any atom is -0.488 e. The van der Waals surface area contributed by atoms with E-state index >= 15 is 0 Å². The number of hydrogen-bond donors (Lipinski definition) is 0. The third kappa shape index (κ3) is 3.44. The Hall–Kier alpha value is -1.61. The highest BCUT2D eigenvalue weighted by atomic mass is 79.9. The molecule has 0 bridgehead atoms. The standard InChI is InChI=1S/C16H15BrO2/c1-11-3-4-13(7-12(11)2)10-19-16-6-5-15(17)8-14(16)9-18/h3-9H,10H2,1-2H3. The van der Waals surface area contributed by atoms with E-state index in [0.29, 0.717) is 17.9 Å². The largest absolute Gasteiger partial charge is 0.488 e. The zero-order chi connectivity index (χ0) is 13.8. The normalized spacial score (nSPS) is 10.3. The van der Waals surface area contributed by atoms with Gasteiger partial charge in [-0.1, -0.05) is 34.1 Å². The minimum atomic E-state index is 0.462. The summed E-state index contributed by atoms with van der Waals surface area (Å²) in [6.07, 6.45) is 0.806. The molecule has 0 N–H and O–H groups in total. The zero-order valence-electron chi connectivity index (χ0n) is 10.9. The van der Waals surface area contributed by atoms with Crippen LogP contribution in [-0.4, -0.2) is 6.29 Å². The van der Waals surface area contributed by atoms with E-state index in [1.807, 2.05) is 12.1 Å². The molecule has 0 heterocycles. The summed E-state index contributed by atoms with van der Waals surface area (Å²) < 4.78 is 6.58. The summed E-state index contributed by atoms with van der Waals surface area (Å²) >= 11 is 3.34. The number of hydrogen-bond acceptors (Lipinski definition) is 2. The van der Waals surface area contributed by atoms with Gasteiger partial charge >= 0.3 is 0 Å². The maximum absolute atomic E-state index is 11.0. The predicted molar refractivity (Wildman–Crippen MR) is 79.8 cm³/mol. The number of halogens is 1. The fourth-order valence-electron chi connectivity index (χ4n) is 1.80. The van der Waals surface area contributed by atoms with Crippen LogP contribution in [0.4, 0.5) is 0 Å². The third-order valence-electron chi connectivity index (χ3n) is 3.06. The van der Waals surface area contributed by atoms with Gasteiger partial charge in [-0.2, -0.15) is 0 Å². The first kappa shape index (κ1) is 13.8. The SMILES string of the molecule is Cc1ccc(COc2ccc(Br)cc2C=O)cc1C. The molecule has 2 nitrogen and oxygen atoms in total. The fourth-order valence-corrected chi connectivity index (χ4v) is 2.18. The maximum Gasteiger partial charge on any atom is 0.153 e. The van der Waals surface area contributed by atoms with Crippen molar-refractivity contribution >= 4 is 22.2 Å². The van der Waals surface area contributed by atoms with Crippen LogP contribution in [0, 0.1) is 13.8 Å². The molecule has 19 heavy (non-hydrogen) atoms. The number of aryl methyl sites for hydroxylation is 2. The molecule has 0 aromatic heterocycles. The summed E-state index contributed by atoms with van der Waals surface area (Å²) in [5.41, 5.74) is 4.16. The van der Waals surface area contributed by atoms with Crippen molar-refractivity contribution in [3.8, 4) is 5.75 Å². The first-order valence-electron chi connectivity index (χ1n) is 6.04. The quantitative estimate of drug-likeness (QED) is 0.778. The number of ether oxygens (including phenoxy) is 1. The van der Waals surface area contributed by atoms with E-state index in [-0.39, 0.29) is 0 Å². The van der Waals surface area contributed by atoms with Crippen LogP contribution in [0.2, 0.25) is 0 Å². The molecular weight excluding hydrogens is 304 g/mol. The lowest BCUT2D eigenvalue weighted by Gasteiger charge is -2.10. The highest BCUT2D eigenvalue weighted by Crippen LogP contribution is 2.23. The Balaban J connectivity index is 2.14. The molecule has 0 aliphatic rings. The van der Waals surface area contributed by atoms with Gasteiger partial charge in [0, 0.05) is 4.47 Å². The monoisotopic (exact) mass is 318 g/mol. The van der Waals surface area contributed by atoms with Gasteiger partial charge in [-0.3, -0.25) is 4.79 Å². The lowest BCUT2D eigenvalue weighted by molar-refractivity contribution is 0.111. The Morgan fingerprint density at radius 2 is 1.89 bits per heavy atom. The van der Waals surface area contributed by atoms with Crippen LogP contribution in [0.3, 0.4) is 0 Å². The van der Waals surface area contributed by atoms with Crippen molar-refractivity contribution in [2.24, 2.45) is 0 Å². The van der Waals surface area contributed by atoms with Gasteiger partial charge < -0.3 is 4.74 Å². The molecule has 0 amide bonds. The van der Waals surface area contributed by atoms with Crippen molar-refractivity contribution in [3.63, 3.8) is 0 Å². The van der Waals surface area contributed by atoms with E-state index in [2.05, 4.69) is 41.9 Å². The molecular formula is C16H15BrO2. The van der Waals surface area contributed by atoms with Crippen LogP contribution in [0.1, 0.15) is 27.0 Å². The zero-order valence-corrected chi connectivity index (χ0v) is 12.5. The second kappa shape index (κ2) is 6.02. The Morgan fingerprint density at radius 1 is 1.11 bits per heavy atom. The molecule has 2 aromatic rings. The Morgan fingerprint density at radius 3 is 2.58 bits per heavy atom. The van der Waals surface area contributed by atoms with Gasteiger partial charge in [0.25, 0.3) is 0 Å². The third-order valence-corrected chi connectivity index (χ3v) is 3.56. The van der Waals surface area contributed by atoms with Gasteiger partial charge in [0.2, 0.25) is 0 Å². The fraction of sp³-hybridized carbons (Fsp3) is 0.188. The lowest BCUT2D eigenvalue weighted by Crippen LogP contribution is -1.99. The molecule has 0 aliphatic heterocycles. The molecule has 0 saturated heterocycles. The van der Waals surface area contributed by atoms with E-state index in [0.717, 1.165) is 16.3 Å². The highest BCUT2D eigenvalue weighted by molar-refractivity contribution is 9.10. The van der Waals surface area contributed by atoms with Crippen LogP contribution < -0.4 is 4.74 Å². The molecule has 2 aromatic carbocycles. The molecule has 2 rings (SSSR count). The number of rotatable bonds is 4. The molecule has 3 heteroatoms. The molecule has 98 valence electrons. The average molecular weight is 319 g/mol. The molecule has 0 unspecified atom stereocenters. The summed E-state index contributed by atoms with van der Waals surface area (Å²) in [4.78, 5) is 11.0. The van der Waals surface area contributed by atoms with Crippen LogP contribution in [-0.2, 0) is 6.61 Å². The lowest BCUT2D eigenvalue weighted by atomic mass is 10.1. The molecule has 0 aliphatic carbocycles. The number of carbonyl (C=O) groups is 1. The molecule has 0 saturated carbocycles. The minimum absolute atomic E-state index is 0.462. The van der Waals surface area contributed by atoms with Crippen molar-refractivity contribution in [2.45, 2.75) is 20.5 Å². The second-order valence-electron chi connectivity index (χ2n) is 4.51. The highest BCUT2D eigenvalue weighted by Gasteiger charge is 2.04. The summed E-state index contributed by atoms with van der Waals surface area (Å²) in [5, 5.41) is 0. The van der Waals surface area contributed by atoms with Gasteiger partial charge in [-0.25, -0.2) is 0 Å². The van der Waals surface area contributed by atoms with E-state index in [4.69, 9.17) is 4.74 Å². The summed E-state index contributed by atoms with van der Waals surface area (Å²) in [5.74, 6) is 0.608. The Kier molecular flexibility index (Phi) is 4.38. The predicted octanol–water partition coefficient (Wildman–Crippen LogP) is 4.46. The van der Waals surface area contributed by atoms with E-state index in [1.165, 1.54) is 11.1 Å². The van der Waals surface area contributed by atoms with Crippen LogP contribution in [0.15, 0.2) is 40.9 Å². The number of benzene rings is 2. The summed E-state index contributed by atoms with van der Waals surface area (Å²) in [6, 6.07) is 11.6. The molecule has 0 spiro atoms. The van der Waals surface area contributed by atoms with Gasteiger partial charge in [0.1, 0.15) is 12.4 Å². The van der Waals surface area contributed by atoms with Crippen molar-refractivity contribution < 1.29 is 9.53 Å². The van der Waals surface area contributed by atoms with E-state index in [1.54, 1.807) is 12.1 Å². The van der Waals surface area contributed by atoms with Gasteiger partial charge in [0.05, 0.1) is 5.56 Å². The van der Waals surface area contributed by atoms with Gasteiger partial charge in [-0.05, 0) is 48.7 Å². The van der Waals surface area contributed by atoms with Crippen LogP contribution >= 0.6 is 15.9 Å². The van der Waals surface area contributed by atoms with Crippen molar-refractivity contribution in [1.29, 1.82) is 0 Å². The summed E-state index contributed by atoms with van der Waals surface area (Å²) in [6.45, 7) is 4.62. The molecule has 0 radical (unpaired) electrons. The van der Waals surface area contributed by atoms with Crippen LogP contribution in [0.5, 0.6) is 5.75 Å². The first-order valence-corrected chi connectivity index (χ1v) is 6.83. The van der Waals surface area contributed by atoms with Crippen molar-refractivity contribution in [3.05, 3.63) is 63.1 Å². The molecule has 0 fully saturated rings. The maximum atomic E-state index is 11.0. The van der Waals surface area contributed by atoms with E-state index < -0.39 is 0 Å². The van der Waals surface area contributed by atoms with E-state index in [9.17, 15) is 4.79 Å². The average Bonchev–Trinajstić information content (AvgIpc) is 2.41. The van der Waals surface area contributed by atoms with Gasteiger partial charge in [-0.15, -0.1) is 0 Å². The first-order chi connectivity index (χ1) is 9.10. The number of aldehydes is 1.